The van der Waals surface area contributed by atoms with E-state index in [9.17, 15) is 4.79 Å². The highest BCUT2D eigenvalue weighted by atomic mass is 16.5. The quantitative estimate of drug-likeness (QED) is 0.832. The van der Waals surface area contributed by atoms with Gasteiger partial charge in [-0.25, -0.2) is 4.79 Å². The lowest BCUT2D eigenvalue weighted by Crippen LogP contribution is -2.41. The number of aryl methyl sites for hydroxylation is 3. The predicted octanol–water partition coefficient (Wildman–Crippen LogP) is 1.69. The molecule has 8 nitrogen and oxygen atoms in total. The lowest BCUT2D eigenvalue weighted by Gasteiger charge is -2.23. The number of hydrogen-bond donors (Lipinski definition) is 1. The zero-order valence-corrected chi connectivity index (χ0v) is 14.9. The Balaban J connectivity index is 2.04. The van der Waals surface area contributed by atoms with E-state index >= 15 is 0 Å². The third kappa shape index (κ3) is 4.35. The van der Waals surface area contributed by atoms with Crippen LogP contribution in [0.3, 0.4) is 0 Å². The van der Waals surface area contributed by atoms with Crippen LogP contribution in [0.25, 0.3) is 0 Å². The minimum absolute atomic E-state index is 0.177. The number of nitrogens with one attached hydrogen (secondary N) is 1. The highest BCUT2D eigenvalue weighted by Gasteiger charge is 2.18. The molecule has 2 amide bonds. The smallest absolute Gasteiger partial charge is 0.318 e. The molecule has 0 unspecified atom stereocenters. The molecule has 0 atom stereocenters. The van der Waals surface area contributed by atoms with Gasteiger partial charge >= 0.3 is 6.03 Å². The Bertz CT molecular complexity index is 692. The van der Waals surface area contributed by atoms with Crippen LogP contribution < -0.4 is 5.32 Å². The second-order valence-electron chi connectivity index (χ2n) is 5.78. The van der Waals surface area contributed by atoms with Crippen LogP contribution in [0.5, 0.6) is 0 Å². The predicted molar refractivity (Wildman–Crippen MR) is 88.4 cm³/mol. The Morgan fingerprint density at radius 2 is 2.17 bits per heavy atom. The molecule has 2 aromatic rings. The number of ether oxygens (including phenoxy) is 1. The summed E-state index contributed by atoms with van der Waals surface area (Å²) in [5.41, 5.74) is 3.82. The molecule has 0 bridgehead atoms. The monoisotopic (exact) mass is 335 g/mol. The highest BCUT2D eigenvalue weighted by Crippen LogP contribution is 2.15. The maximum atomic E-state index is 12.5. The van der Waals surface area contributed by atoms with E-state index in [2.05, 4.69) is 15.6 Å². The fraction of sp³-hybridized carbons (Fsp3) is 0.562. The molecule has 2 aromatic heterocycles. The van der Waals surface area contributed by atoms with Crippen LogP contribution in [0.1, 0.15) is 28.4 Å². The topological polar surface area (TPSA) is 85.4 Å². The number of rotatable bonds is 7. The average molecular weight is 335 g/mol. The van der Waals surface area contributed by atoms with E-state index in [1.807, 2.05) is 32.5 Å². The molecule has 8 heteroatoms. The molecular formula is C16H25N5O3. The van der Waals surface area contributed by atoms with Gasteiger partial charge in [0.05, 0.1) is 31.1 Å². The van der Waals surface area contributed by atoms with E-state index in [0.29, 0.717) is 32.0 Å². The summed E-state index contributed by atoms with van der Waals surface area (Å²) in [5.74, 6) is 0.626. The number of nitrogens with zero attached hydrogens (tertiary/aromatic N) is 4. The summed E-state index contributed by atoms with van der Waals surface area (Å²) in [6, 6.07) is 1.62. The van der Waals surface area contributed by atoms with Crippen molar-refractivity contribution in [2.75, 3.05) is 20.3 Å². The molecule has 1 N–H and O–H groups in total. The summed E-state index contributed by atoms with van der Waals surface area (Å²) in [6.07, 6.45) is 0. The molecule has 24 heavy (non-hydrogen) atoms. The molecule has 0 aromatic carbocycles. The summed E-state index contributed by atoms with van der Waals surface area (Å²) in [5, 5.41) is 11.1. The first-order chi connectivity index (χ1) is 11.4. The van der Waals surface area contributed by atoms with E-state index in [1.165, 1.54) is 0 Å². The number of carbonyl (C=O) groups is 1. The van der Waals surface area contributed by atoms with Gasteiger partial charge in [0, 0.05) is 38.0 Å². The number of urea groups is 1. The second-order valence-corrected chi connectivity index (χ2v) is 5.78. The Labute approximate surface area is 141 Å². The van der Waals surface area contributed by atoms with Gasteiger partial charge in [-0.3, -0.25) is 4.68 Å². The van der Waals surface area contributed by atoms with Crippen molar-refractivity contribution < 1.29 is 14.1 Å². The van der Waals surface area contributed by atoms with E-state index < -0.39 is 0 Å². The normalized spacial score (nSPS) is 10.9. The highest BCUT2D eigenvalue weighted by molar-refractivity contribution is 5.74. The lowest BCUT2D eigenvalue weighted by atomic mass is 10.2. The van der Waals surface area contributed by atoms with Gasteiger partial charge < -0.3 is 19.5 Å². The summed E-state index contributed by atoms with van der Waals surface area (Å²) in [4.78, 5) is 14.2. The average Bonchev–Trinajstić information content (AvgIpc) is 3.06. The van der Waals surface area contributed by atoms with Gasteiger partial charge in [0.1, 0.15) is 0 Å². The molecule has 0 spiro atoms. The zero-order chi connectivity index (χ0) is 17.7. The molecule has 0 radical (unpaired) electrons. The molecule has 0 aliphatic rings. The van der Waals surface area contributed by atoms with Crippen LogP contribution >= 0.6 is 0 Å². The Morgan fingerprint density at radius 3 is 2.71 bits per heavy atom. The maximum absolute atomic E-state index is 12.5. The van der Waals surface area contributed by atoms with Crippen LogP contribution in [-0.2, 0) is 24.9 Å². The SMILES string of the molecule is COCCN(Cc1c(C)nn(C)c1C)C(=O)NCc1cc(C)no1. The number of carbonyl (C=O) groups excluding carboxylic acids is 1. The van der Waals surface area contributed by atoms with Gasteiger partial charge in [0.2, 0.25) is 0 Å². The molecule has 0 saturated carbocycles. The fourth-order valence-electron chi connectivity index (χ4n) is 2.47. The first-order valence-corrected chi connectivity index (χ1v) is 7.85. The first-order valence-electron chi connectivity index (χ1n) is 7.85. The van der Waals surface area contributed by atoms with E-state index in [4.69, 9.17) is 9.26 Å². The molecule has 0 aliphatic heterocycles. The van der Waals surface area contributed by atoms with Gasteiger partial charge in [0.15, 0.2) is 5.76 Å². The zero-order valence-electron chi connectivity index (χ0n) is 14.9. The van der Waals surface area contributed by atoms with E-state index in [-0.39, 0.29) is 6.03 Å². The molecule has 2 rings (SSSR count). The van der Waals surface area contributed by atoms with Crippen molar-refractivity contribution in [3.8, 4) is 0 Å². The van der Waals surface area contributed by atoms with Crippen LogP contribution in [0.2, 0.25) is 0 Å². The van der Waals surface area contributed by atoms with E-state index in [0.717, 1.165) is 22.6 Å². The van der Waals surface area contributed by atoms with Crippen LogP contribution in [-0.4, -0.2) is 46.1 Å². The van der Waals surface area contributed by atoms with Crippen molar-refractivity contribution >= 4 is 6.03 Å². The molecule has 0 aliphatic carbocycles. The van der Waals surface area contributed by atoms with Crippen molar-refractivity contribution in [3.63, 3.8) is 0 Å². The number of aromatic nitrogens is 3. The first kappa shape index (κ1) is 18.0. The van der Waals surface area contributed by atoms with Crippen molar-refractivity contribution in [1.29, 1.82) is 0 Å². The minimum Gasteiger partial charge on any atom is -0.383 e. The standard InChI is InChI=1S/C16H25N5O3/c1-11-8-14(24-19-11)9-17-16(22)21(6-7-23-5)10-15-12(2)18-20(4)13(15)3/h8H,6-7,9-10H2,1-5H3,(H,17,22). The van der Waals surface area contributed by atoms with Crippen molar-refractivity contribution in [1.82, 2.24) is 25.2 Å². The lowest BCUT2D eigenvalue weighted by molar-refractivity contribution is 0.145. The molecule has 132 valence electrons. The van der Waals surface area contributed by atoms with Gasteiger partial charge in [-0.05, 0) is 20.8 Å². The number of amides is 2. The molecule has 2 heterocycles. The third-order valence-electron chi connectivity index (χ3n) is 3.95. The number of methoxy groups -OCH3 is 1. The molecular weight excluding hydrogens is 310 g/mol. The summed E-state index contributed by atoms with van der Waals surface area (Å²) >= 11 is 0. The van der Waals surface area contributed by atoms with Crippen LogP contribution in [0, 0.1) is 20.8 Å². The van der Waals surface area contributed by atoms with Crippen molar-refractivity contribution in [2.45, 2.75) is 33.9 Å². The van der Waals surface area contributed by atoms with E-state index in [1.54, 1.807) is 18.1 Å². The minimum atomic E-state index is -0.177. The van der Waals surface area contributed by atoms with Crippen molar-refractivity contribution in [2.24, 2.45) is 7.05 Å². The fourth-order valence-corrected chi connectivity index (χ4v) is 2.47. The van der Waals surface area contributed by atoms with Gasteiger partial charge in [-0.1, -0.05) is 5.16 Å². The molecule has 0 saturated heterocycles. The van der Waals surface area contributed by atoms with Gasteiger partial charge in [0.25, 0.3) is 0 Å². The number of hydrogen-bond acceptors (Lipinski definition) is 5. The Kier molecular flexibility index (Phi) is 5.97. The Morgan fingerprint density at radius 1 is 1.42 bits per heavy atom. The van der Waals surface area contributed by atoms with Crippen LogP contribution in [0.15, 0.2) is 10.6 Å². The Hall–Kier alpha value is -2.35. The second kappa shape index (κ2) is 7.96. The summed E-state index contributed by atoms with van der Waals surface area (Å²) in [7, 11) is 3.52. The van der Waals surface area contributed by atoms with Gasteiger partial charge in [-0.2, -0.15) is 5.10 Å². The summed E-state index contributed by atoms with van der Waals surface area (Å²) < 4.78 is 12.1. The summed E-state index contributed by atoms with van der Waals surface area (Å²) in [6.45, 7) is 7.53. The maximum Gasteiger partial charge on any atom is 0.318 e. The van der Waals surface area contributed by atoms with Crippen molar-refractivity contribution in [3.05, 3.63) is 34.5 Å². The third-order valence-corrected chi connectivity index (χ3v) is 3.95. The van der Waals surface area contributed by atoms with Crippen LogP contribution in [0.4, 0.5) is 4.79 Å². The largest absolute Gasteiger partial charge is 0.383 e. The van der Waals surface area contributed by atoms with Gasteiger partial charge in [-0.15, -0.1) is 0 Å². The molecule has 0 fully saturated rings.